The summed E-state index contributed by atoms with van der Waals surface area (Å²) in [5.74, 6) is 0.0937. The van der Waals surface area contributed by atoms with E-state index < -0.39 is 0 Å². The van der Waals surface area contributed by atoms with Gasteiger partial charge in [-0.1, -0.05) is 64.5 Å². The largest absolute Gasteiger partial charge is 0.483 e. The summed E-state index contributed by atoms with van der Waals surface area (Å²) < 4.78 is 6.29. The van der Waals surface area contributed by atoms with Crippen LogP contribution in [0.2, 0.25) is 0 Å². The number of ether oxygens (including phenoxy) is 1. The lowest BCUT2D eigenvalue weighted by atomic mass is 10.0. The molecule has 136 valence electrons. The molecule has 0 radical (unpaired) electrons. The third kappa shape index (κ3) is 5.28. The predicted octanol–water partition coefficient (Wildman–Crippen LogP) is 4.87. The molecule has 0 spiro atoms. The highest BCUT2D eigenvalue weighted by Gasteiger charge is 2.10. The molecule has 0 heterocycles. The molecule has 3 aromatic rings. The summed E-state index contributed by atoms with van der Waals surface area (Å²) >= 11 is 3.30. The highest BCUT2D eigenvalue weighted by molar-refractivity contribution is 9.10. The van der Waals surface area contributed by atoms with Crippen LogP contribution in [0.3, 0.4) is 0 Å². The van der Waals surface area contributed by atoms with Crippen molar-refractivity contribution in [3.8, 4) is 5.75 Å². The van der Waals surface area contributed by atoms with Crippen molar-refractivity contribution < 1.29 is 14.3 Å². The van der Waals surface area contributed by atoms with E-state index in [0.29, 0.717) is 17.6 Å². The zero-order valence-electron chi connectivity index (χ0n) is 14.5. The monoisotopic (exact) mass is 423 g/mol. The fourth-order valence-electron chi connectivity index (χ4n) is 2.68. The molecule has 0 atom stereocenters. The molecule has 5 heteroatoms. The molecule has 3 rings (SSSR count). The van der Waals surface area contributed by atoms with Crippen LogP contribution in [0.4, 0.5) is 5.69 Å². The highest BCUT2D eigenvalue weighted by atomic mass is 79.9. The number of para-hydroxylation sites is 1. The quantitative estimate of drug-likeness (QED) is 0.551. The third-order valence-corrected chi connectivity index (χ3v) is 4.48. The van der Waals surface area contributed by atoms with Crippen molar-refractivity contribution in [1.82, 2.24) is 0 Å². The van der Waals surface area contributed by atoms with E-state index in [9.17, 15) is 9.59 Å². The van der Waals surface area contributed by atoms with Crippen LogP contribution in [0, 0.1) is 0 Å². The van der Waals surface area contributed by atoms with E-state index in [-0.39, 0.29) is 12.5 Å². The first-order valence-electron chi connectivity index (χ1n) is 8.45. The first-order valence-corrected chi connectivity index (χ1v) is 9.24. The lowest BCUT2D eigenvalue weighted by Crippen LogP contribution is -2.21. The SMILES string of the molecule is O=Cc1cc(Br)ccc1OCC(=O)Nc1ccccc1Cc1ccccc1. The summed E-state index contributed by atoms with van der Waals surface area (Å²) in [6, 6.07) is 22.8. The number of hydrogen-bond donors (Lipinski definition) is 1. The zero-order chi connectivity index (χ0) is 19.1. The molecule has 0 bridgehead atoms. The number of halogens is 1. The van der Waals surface area contributed by atoms with E-state index in [4.69, 9.17) is 4.74 Å². The van der Waals surface area contributed by atoms with Gasteiger partial charge in [0, 0.05) is 10.2 Å². The number of aldehydes is 1. The van der Waals surface area contributed by atoms with Crippen LogP contribution in [0.25, 0.3) is 0 Å². The molecule has 1 amide bonds. The summed E-state index contributed by atoms with van der Waals surface area (Å²) in [7, 11) is 0. The fraction of sp³-hybridized carbons (Fsp3) is 0.0909. The van der Waals surface area contributed by atoms with Gasteiger partial charge in [-0.05, 0) is 41.8 Å². The molecule has 0 saturated carbocycles. The molecule has 3 aromatic carbocycles. The fourth-order valence-corrected chi connectivity index (χ4v) is 3.06. The first kappa shape index (κ1) is 18.9. The molecule has 0 aliphatic heterocycles. The van der Waals surface area contributed by atoms with E-state index in [2.05, 4.69) is 33.4 Å². The number of rotatable bonds is 7. The average molecular weight is 424 g/mol. The van der Waals surface area contributed by atoms with Crippen LogP contribution in [0.1, 0.15) is 21.5 Å². The number of hydrogen-bond acceptors (Lipinski definition) is 3. The number of carbonyl (C=O) groups excluding carboxylic acids is 2. The Morgan fingerprint density at radius 1 is 1.00 bits per heavy atom. The van der Waals surface area contributed by atoms with Gasteiger partial charge in [0.05, 0.1) is 5.56 Å². The molecule has 0 aliphatic carbocycles. The molecular weight excluding hydrogens is 406 g/mol. The Kier molecular flexibility index (Phi) is 6.39. The van der Waals surface area contributed by atoms with E-state index in [0.717, 1.165) is 22.1 Å². The maximum Gasteiger partial charge on any atom is 0.262 e. The number of carbonyl (C=O) groups is 2. The molecule has 1 N–H and O–H groups in total. The topological polar surface area (TPSA) is 55.4 Å². The Balaban J connectivity index is 1.65. The van der Waals surface area contributed by atoms with Gasteiger partial charge >= 0.3 is 0 Å². The summed E-state index contributed by atoms with van der Waals surface area (Å²) in [5.41, 5.74) is 3.33. The Morgan fingerprint density at radius 3 is 2.52 bits per heavy atom. The van der Waals surface area contributed by atoms with Crippen LogP contribution >= 0.6 is 15.9 Å². The average Bonchev–Trinajstić information content (AvgIpc) is 2.69. The van der Waals surface area contributed by atoms with Gasteiger partial charge in [-0.15, -0.1) is 0 Å². The van der Waals surface area contributed by atoms with Crippen LogP contribution < -0.4 is 10.1 Å². The lowest BCUT2D eigenvalue weighted by molar-refractivity contribution is -0.118. The highest BCUT2D eigenvalue weighted by Crippen LogP contribution is 2.22. The molecule has 0 saturated heterocycles. The maximum atomic E-state index is 12.3. The summed E-state index contributed by atoms with van der Waals surface area (Å²) in [6.07, 6.45) is 1.42. The predicted molar refractivity (Wildman–Crippen MR) is 109 cm³/mol. The van der Waals surface area contributed by atoms with Gasteiger partial charge in [0.25, 0.3) is 5.91 Å². The second-order valence-corrected chi connectivity index (χ2v) is 6.87. The third-order valence-electron chi connectivity index (χ3n) is 3.99. The van der Waals surface area contributed by atoms with Gasteiger partial charge in [-0.25, -0.2) is 0 Å². The van der Waals surface area contributed by atoms with E-state index in [1.807, 2.05) is 42.5 Å². The minimum atomic E-state index is -0.282. The van der Waals surface area contributed by atoms with Gasteiger partial charge < -0.3 is 10.1 Å². The molecule has 0 aliphatic rings. The molecule has 0 aromatic heterocycles. The standard InChI is InChI=1S/C22H18BrNO3/c23-19-10-11-21(18(13-19)14-25)27-15-22(26)24-20-9-5-4-8-17(20)12-16-6-2-1-3-7-16/h1-11,13-14H,12,15H2,(H,24,26). The Morgan fingerprint density at radius 2 is 1.74 bits per heavy atom. The van der Waals surface area contributed by atoms with Crippen LogP contribution in [-0.4, -0.2) is 18.8 Å². The summed E-state index contributed by atoms with van der Waals surface area (Å²) in [6.45, 7) is -0.178. The Hall–Kier alpha value is -2.92. The van der Waals surface area contributed by atoms with Gasteiger partial charge in [0.2, 0.25) is 0 Å². The van der Waals surface area contributed by atoms with Crippen molar-refractivity contribution in [2.24, 2.45) is 0 Å². The Bertz CT molecular complexity index is 941. The normalized spacial score (nSPS) is 10.3. The van der Waals surface area contributed by atoms with E-state index >= 15 is 0 Å². The van der Waals surface area contributed by atoms with E-state index in [1.54, 1.807) is 18.2 Å². The first-order chi connectivity index (χ1) is 13.2. The Labute approximate surface area is 166 Å². The number of nitrogens with one attached hydrogen (secondary N) is 1. The second-order valence-electron chi connectivity index (χ2n) is 5.96. The molecule has 4 nitrogen and oxygen atoms in total. The number of amides is 1. The van der Waals surface area contributed by atoms with Crippen molar-refractivity contribution in [3.05, 3.63) is 94.0 Å². The van der Waals surface area contributed by atoms with Gasteiger partial charge in [-0.3, -0.25) is 9.59 Å². The van der Waals surface area contributed by atoms with Crippen LogP contribution in [-0.2, 0) is 11.2 Å². The number of anilines is 1. The van der Waals surface area contributed by atoms with Crippen molar-refractivity contribution in [3.63, 3.8) is 0 Å². The minimum absolute atomic E-state index is 0.178. The number of benzene rings is 3. The van der Waals surface area contributed by atoms with Crippen LogP contribution in [0.15, 0.2) is 77.3 Å². The van der Waals surface area contributed by atoms with Crippen LogP contribution in [0.5, 0.6) is 5.75 Å². The summed E-state index contributed by atoms with van der Waals surface area (Å²) in [4.78, 5) is 23.5. The lowest BCUT2D eigenvalue weighted by Gasteiger charge is -2.12. The van der Waals surface area contributed by atoms with Gasteiger partial charge in [-0.2, -0.15) is 0 Å². The second kappa shape index (κ2) is 9.14. The minimum Gasteiger partial charge on any atom is -0.483 e. The van der Waals surface area contributed by atoms with Crippen molar-refractivity contribution in [1.29, 1.82) is 0 Å². The summed E-state index contributed by atoms with van der Waals surface area (Å²) in [5, 5.41) is 2.89. The zero-order valence-corrected chi connectivity index (χ0v) is 16.1. The molecule has 0 fully saturated rings. The van der Waals surface area contributed by atoms with Crippen molar-refractivity contribution in [2.45, 2.75) is 6.42 Å². The van der Waals surface area contributed by atoms with Crippen molar-refractivity contribution >= 4 is 33.8 Å². The molecule has 27 heavy (non-hydrogen) atoms. The maximum absolute atomic E-state index is 12.3. The smallest absolute Gasteiger partial charge is 0.262 e. The van der Waals surface area contributed by atoms with E-state index in [1.165, 1.54) is 5.56 Å². The van der Waals surface area contributed by atoms with Crippen molar-refractivity contribution in [2.75, 3.05) is 11.9 Å². The van der Waals surface area contributed by atoms with Gasteiger partial charge in [0.1, 0.15) is 5.75 Å². The molecular formula is C22H18BrNO3. The van der Waals surface area contributed by atoms with Gasteiger partial charge in [0.15, 0.2) is 12.9 Å². The molecule has 0 unspecified atom stereocenters.